The number of alkyl halides is 1. The van der Waals surface area contributed by atoms with E-state index in [0.717, 1.165) is 7.11 Å². The lowest BCUT2D eigenvalue weighted by Crippen LogP contribution is -2.10. The van der Waals surface area contributed by atoms with E-state index in [9.17, 15) is 9.18 Å². The molecule has 1 rings (SSSR count). The molecule has 82 valence electrons. The zero-order valence-corrected chi connectivity index (χ0v) is 9.05. The summed E-state index contributed by atoms with van der Waals surface area (Å²) in [5.41, 5.74) is 0.0665. The number of ether oxygens (including phenoxy) is 2. The zero-order chi connectivity index (χ0) is 11.4. The smallest absolute Gasteiger partial charge is 0.345 e. The van der Waals surface area contributed by atoms with Gasteiger partial charge in [0.05, 0.1) is 14.2 Å². The molecule has 0 fully saturated rings. The Morgan fingerprint density at radius 3 is 2.67 bits per heavy atom. The number of esters is 1. The Balaban J connectivity index is 3.10. The number of methoxy groups -OCH3 is 2. The summed E-state index contributed by atoms with van der Waals surface area (Å²) in [5.74, 6) is -0.715. The third kappa shape index (κ3) is 2.59. The summed E-state index contributed by atoms with van der Waals surface area (Å²) < 4.78 is 22.7. The first-order valence-corrected chi connectivity index (χ1v) is 4.53. The van der Waals surface area contributed by atoms with E-state index in [1.165, 1.54) is 19.2 Å². The van der Waals surface area contributed by atoms with Gasteiger partial charge in [0.2, 0.25) is 6.17 Å². The lowest BCUT2D eigenvalue weighted by molar-refractivity contribution is -0.146. The van der Waals surface area contributed by atoms with Gasteiger partial charge in [0.15, 0.2) is 0 Å². The van der Waals surface area contributed by atoms with Crippen LogP contribution in [0.4, 0.5) is 4.39 Å². The van der Waals surface area contributed by atoms with Crippen molar-refractivity contribution in [3.05, 3.63) is 28.8 Å². The molecule has 0 aromatic heterocycles. The van der Waals surface area contributed by atoms with Crippen molar-refractivity contribution < 1.29 is 18.7 Å². The highest BCUT2D eigenvalue weighted by Crippen LogP contribution is 2.31. The fourth-order valence-corrected chi connectivity index (χ4v) is 1.31. The largest absolute Gasteiger partial charge is 0.496 e. The van der Waals surface area contributed by atoms with Gasteiger partial charge in [-0.2, -0.15) is 0 Å². The van der Waals surface area contributed by atoms with Crippen LogP contribution in [-0.4, -0.2) is 20.2 Å². The van der Waals surface area contributed by atoms with Crippen LogP contribution >= 0.6 is 11.6 Å². The Hall–Kier alpha value is -1.29. The van der Waals surface area contributed by atoms with Gasteiger partial charge in [-0.3, -0.25) is 0 Å². The van der Waals surface area contributed by atoms with E-state index in [4.69, 9.17) is 16.3 Å². The van der Waals surface area contributed by atoms with E-state index in [1.807, 2.05) is 0 Å². The summed E-state index contributed by atoms with van der Waals surface area (Å²) in [4.78, 5) is 11.0. The van der Waals surface area contributed by atoms with Gasteiger partial charge in [-0.25, -0.2) is 9.18 Å². The van der Waals surface area contributed by atoms with Crippen LogP contribution in [0.5, 0.6) is 5.75 Å². The molecule has 0 saturated carbocycles. The maximum atomic E-state index is 13.5. The van der Waals surface area contributed by atoms with Crippen molar-refractivity contribution in [2.24, 2.45) is 0 Å². The summed E-state index contributed by atoms with van der Waals surface area (Å²) in [6.07, 6.45) is -1.89. The molecule has 0 aliphatic carbocycles. The lowest BCUT2D eigenvalue weighted by atomic mass is 10.1. The molecule has 5 heteroatoms. The molecule has 0 spiro atoms. The van der Waals surface area contributed by atoms with E-state index in [-0.39, 0.29) is 11.3 Å². The molecule has 1 atom stereocenters. The molecule has 1 unspecified atom stereocenters. The van der Waals surface area contributed by atoms with Gasteiger partial charge < -0.3 is 9.47 Å². The molecule has 0 heterocycles. The van der Waals surface area contributed by atoms with Crippen molar-refractivity contribution >= 4 is 17.6 Å². The minimum absolute atomic E-state index is 0.0665. The Labute approximate surface area is 91.7 Å². The highest BCUT2D eigenvalue weighted by molar-refractivity contribution is 6.30. The van der Waals surface area contributed by atoms with Gasteiger partial charge in [-0.1, -0.05) is 11.6 Å². The number of halogens is 2. The highest BCUT2D eigenvalue weighted by Gasteiger charge is 2.24. The number of carbonyl (C=O) groups is 1. The van der Waals surface area contributed by atoms with Gasteiger partial charge in [-0.15, -0.1) is 0 Å². The third-order valence-corrected chi connectivity index (χ3v) is 2.11. The van der Waals surface area contributed by atoms with Crippen molar-refractivity contribution in [3.8, 4) is 5.75 Å². The Bertz CT molecular complexity index is 368. The molecular formula is C10H10ClFO3. The van der Waals surface area contributed by atoms with Crippen LogP contribution in [0.25, 0.3) is 0 Å². The lowest BCUT2D eigenvalue weighted by Gasteiger charge is -2.11. The second-order valence-electron chi connectivity index (χ2n) is 2.77. The van der Waals surface area contributed by atoms with Crippen molar-refractivity contribution in [1.29, 1.82) is 0 Å². The van der Waals surface area contributed by atoms with Crippen LogP contribution in [0.15, 0.2) is 18.2 Å². The van der Waals surface area contributed by atoms with Gasteiger partial charge in [0.1, 0.15) is 5.75 Å². The van der Waals surface area contributed by atoms with Crippen LogP contribution in [0.2, 0.25) is 5.02 Å². The minimum atomic E-state index is -1.89. The van der Waals surface area contributed by atoms with Crippen LogP contribution in [0.3, 0.4) is 0 Å². The Morgan fingerprint density at radius 2 is 2.13 bits per heavy atom. The molecule has 1 aromatic rings. The summed E-state index contributed by atoms with van der Waals surface area (Å²) >= 11 is 5.69. The number of carbonyl (C=O) groups excluding carboxylic acids is 1. The molecule has 0 radical (unpaired) electrons. The summed E-state index contributed by atoms with van der Waals surface area (Å²) in [7, 11) is 2.50. The number of hydrogen-bond acceptors (Lipinski definition) is 3. The zero-order valence-electron chi connectivity index (χ0n) is 8.29. The topological polar surface area (TPSA) is 35.5 Å². The predicted molar refractivity (Wildman–Crippen MR) is 53.9 cm³/mol. The number of hydrogen-bond donors (Lipinski definition) is 0. The summed E-state index contributed by atoms with van der Waals surface area (Å²) in [6, 6.07) is 4.38. The maximum absolute atomic E-state index is 13.5. The van der Waals surface area contributed by atoms with Crippen LogP contribution in [0, 0.1) is 0 Å². The average Bonchev–Trinajstić information content (AvgIpc) is 2.27. The number of benzene rings is 1. The molecule has 0 aliphatic rings. The quantitative estimate of drug-likeness (QED) is 0.752. The second kappa shape index (κ2) is 4.98. The first-order valence-electron chi connectivity index (χ1n) is 4.15. The fourth-order valence-electron chi connectivity index (χ4n) is 1.13. The Kier molecular flexibility index (Phi) is 3.91. The molecule has 0 aliphatic heterocycles. The summed E-state index contributed by atoms with van der Waals surface area (Å²) in [6.45, 7) is 0. The van der Waals surface area contributed by atoms with Gasteiger partial charge >= 0.3 is 5.97 Å². The molecule has 3 nitrogen and oxygen atoms in total. The SMILES string of the molecule is COC(=O)C(F)c1cc(Cl)ccc1OC. The highest BCUT2D eigenvalue weighted by atomic mass is 35.5. The van der Waals surface area contributed by atoms with E-state index >= 15 is 0 Å². The van der Waals surface area contributed by atoms with Crippen molar-refractivity contribution in [2.45, 2.75) is 6.17 Å². The molecule has 0 bridgehead atoms. The van der Waals surface area contributed by atoms with Gasteiger partial charge in [0.25, 0.3) is 0 Å². The first-order chi connectivity index (χ1) is 7.10. The van der Waals surface area contributed by atoms with Crippen LogP contribution in [-0.2, 0) is 9.53 Å². The first kappa shape index (κ1) is 11.8. The fraction of sp³-hybridized carbons (Fsp3) is 0.300. The minimum Gasteiger partial charge on any atom is -0.496 e. The average molecular weight is 233 g/mol. The Morgan fingerprint density at radius 1 is 1.47 bits per heavy atom. The monoisotopic (exact) mass is 232 g/mol. The standard InChI is InChI=1S/C10H10ClFO3/c1-14-8-4-3-6(11)5-7(8)9(12)10(13)15-2/h3-5,9H,1-2H3. The van der Waals surface area contributed by atoms with Crippen LogP contribution in [0.1, 0.15) is 11.7 Å². The normalized spacial score (nSPS) is 12.0. The second-order valence-corrected chi connectivity index (χ2v) is 3.21. The third-order valence-electron chi connectivity index (χ3n) is 1.87. The van der Waals surface area contributed by atoms with Crippen molar-refractivity contribution in [3.63, 3.8) is 0 Å². The molecule has 1 aromatic carbocycles. The van der Waals surface area contributed by atoms with Crippen LogP contribution < -0.4 is 4.74 Å². The van der Waals surface area contributed by atoms with Gasteiger partial charge in [-0.05, 0) is 18.2 Å². The molecule has 15 heavy (non-hydrogen) atoms. The molecule has 0 N–H and O–H groups in total. The molecular weight excluding hydrogens is 223 g/mol. The maximum Gasteiger partial charge on any atom is 0.345 e. The van der Waals surface area contributed by atoms with E-state index < -0.39 is 12.1 Å². The summed E-state index contributed by atoms with van der Waals surface area (Å²) in [5, 5.41) is 0.331. The van der Waals surface area contributed by atoms with E-state index in [1.54, 1.807) is 6.07 Å². The molecule has 0 amide bonds. The van der Waals surface area contributed by atoms with E-state index in [2.05, 4.69) is 4.74 Å². The van der Waals surface area contributed by atoms with Gasteiger partial charge in [0, 0.05) is 10.6 Å². The molecule has 0 saturated heterocycles. The predicted octanol–water partition coefficient (Wildman–Crippen LogP) is 2.53. The van der Waals surface area contributed by atoms with E-state index in [0.29, 0.717) is 5.02 Å². The number of rotatable bonds is 3. The van der Waals surface area contributed by atoms with Crippen molar-refractivity contribution in [1.82, 2.24) is 0 Å². The van der Waals surface area contributed by atoms with Crippen molar-refractivity contribution in [2.75, 3.05) is 14.2 Å².